The fourth-order valence-electron chi connectivity index (χ4n) is 2.44. The molecule has 0 fully saturated rings. The molecule has 1 heteroatoms. The van der Waals surface area contributed by atoms with Gasteiger partial charge < -0.3 is 0 Å². The summed E-state index contributed by atoms with van der Waals surface area (Å²) in [7, 11) is 2.12. The van der Waals surface area contributed by atoms with Gasteiger partial charge in [-0.3, -0.25) is 0 Å². The van der Waals surface area contributed by atoms with Crippen molar-refractivity contribution in [3.63, 3.8) is 0 Å². The lowest BCUT2D eigenvalue weighted by Gasteiger charge is -2.04. The predicted octanol–water partition coefficient (Wildman–Crippen LogP) is 3.64. The van der Waals surface area contributed by atoms with Gasteiger partial charge in [-0.15, -0.1) is 0 Å². The van der Waals surface area contributed by atoms with Gasteiger partial charge in [-0.25, -0.2) is 0 Å². The van der Waals surface area contributed by atoms with Gasteiger partial charge in [-0.1, -0.05) is 29.8 Å². The molecule has 0 spiro atoms. The fourth-order valence-corrected chi connectivity index (χ4v) is 2.44. The number of fused-ring (bicyclic) bond motifs is 1. The zero-order valence-electron chi connectivity index (χ0n) is 10.7. The Morgan fingerprint density at radius 2 is 1.67 bits per heavy atom. The van der Waals surface area contributed by atoms with E-state index in [0.717, 1.165) is 0 Å². The molecule has 0 atom stereocenters. The van der Waals surface area contributed by atoms with E-state index in [-0.39, 0.29) is 0 Å². The Bertz CT molecular complexity index is 714. The van der Waals surface area contributed by atoms with Crippen molar-refractivity contribution in [1.29, 1.82) is 0 Å². The highest BCUT2D eigenvalue weighted by atomic mass is 14.9. The molecule has 0 saturated heterocycles. The molecule has 18 heavy (non-hydrogen) atoms. The molecule has 0 saturated carbocycles. The Kier molecular flexibility index (Phi) is 2.60. The van der Waals surface area contributed by atoms with E-state index in [1.54, 1.807) is 0 Å². The highest BCUT2D eigenvalue weighted by Crippen LogP contribution is 2.19. The average molecular weight is 234 g/mol. The van der Waals surface area contributed by atoms with Gasteiger partial charge in [0.15, 0.2) is 0 Å². The minimum atomic E-state index is 1.25. The van der Waals surface area contributed by atoms with E-state index in [4.69, 9.17) is 0 Å². The largest absolute Gasteiger partial charge is 0.212 e. The predicted molar refractivity (Wildman–Crippen MR) is 75.3 cm³/mol. The van der Waals surface area contributed by atoms with E-state index < -0.39 is 0 Å². The van der Waals surface area contributed by atoms with Crippen LogP contribution in [0.5, 0.6) is 0 Å². The third kappa shape index (κ3) is 1.78. The van der Waals surface area contributed by atoms with Crippen LogP contribution in [0, 0.1) is 6.92 Å². The summed E-state index contributed by atoms with van der Waals surface area (Å²) in [5.41, 5.74) is 5.07. The number of nitrogens with zero attached hydrogens (tertiary/aromatic N) is 1. The maximum absolute atomic E-state index is 2.25. The van der Waals surface area contributed by atoms with Crippen LogP contribution in [0.15, 0.2) is 60.7 Å². The van der Waals surface area contributed by atoms with Crippen molar-refractivity contribution in [1.82, 2.24) is 0 Å². The molecule has 0 unspecified atom stereocenters. The normalized spacial score (nSPS) is 10.8. The van der Waals surface area contributed by atoms with Crippen LogP contribution in [-0.2, 0) is 7.05 Å². The Morgan fingerprint density at radius 1 is 0.833 bits per heavy atom. The second kappa shape index (κ2) is 4.26. The van der Waals surface area contributed by atoms with Crippen molar-refractivity contribution in [2.75, 3.05) is 0 Å². The minimum Gasteiger partial charge on any atom is -0.194 e. The number of benzene rings is 2. The zero-order chi connectivity index (χ0) is 12.5. The molecule has 0 bridgehead atoms. The second-order valence-corrected chi connectivity index (χ2v) is 4.71. The van der Waals surface area contributed by atoms with Crippen molar-refractivity contribution in [2.24, 2.45) is 7.05 Å². The highest BCUT2D eigenvalue weighted by molar-refractivity contribution is 5.77. The monoisotopic (exact) mass is 234 g/mol. The molecule has 3 aromatic rings. The van der Waals surface area contributed by atoms with Gasteiger partial charge in [0.1, 0.15) is 7.05 Å². The summed E-state index contributed by atoms with van der Waals surface area (Å²) < 4.78 is 2.25. The van der Waals surface area contributed by atoms with E-state index in [1.807, 2.05) is 0 Å². The standard InChI is InChI=1S/C17H16N/c1-13-6-5-8-15(12-13)17-11-10-14-7-3-4-9-16(14)18(17)2/h3-12H,1-2H3/q+1. The van der Waals surface area contributed by atoms with Crippen molar-refractivity contribution in [2.45, 2.75) is 6.92 Å². The first-order valence-corrected chi connectivity index (χ1v) is 6.20. The van der Waals surface area contributed by atoms with Gasteiger partial charge >= 0.3 is 0 Å². The van der Waals surface area contributed by atoms with E-state index in [0.29, 0.717) is 0 Å². The van der Waals surface area contributed by atoms with Gasteiger partial charge in [0.2, 0.25) is 11.2 Å². The average Bonchev–Trinajstić information content (AvgIpc) is 2.39. The number of hydrogen-bond acceptors (Lipinski definition) is 0. The lowest BCUT2D eigenvalue weighted by atomic mass is 10.1. The van der Waals surface area contributed by atoms with Crippen LogP contribution in [-0.4, -0.2) is 0 Å². The van der Waals surface area contributed by atoms with Crippen LogP contribution < -0.4 is 4.57 Å². The smallest absolute Gasteiger partial charge is 0.194 e. The second-order valence-electron chi connectivity index (χ2n) is 4.71. The van der Waals surface area contributed by atoms with Gasteiger partial charge in [0.25, 0.3) is 0 Å². The van der Waals surface area contributed by atoms with Crippen LogP contribution in [0.25, 0.3) is 22.2 Å². The summed E-state index contributed by atoms with van der Waals surface area (Å²) in [5, 5.41) is 1.27. The van der Waals surface area contributed by atoms with Gasteiger partial charge in [-0.2, -0.15) is 4.57 Å². The van der Waals surface area contributed by atoms with E-state index in [9.17, 15) is 0 Å². The molecule has 0 aliphatic carbocycles. The third-order valence-corrected chi connectivity index (χ3v) is 3.39. The van der Waals surface area contributed by atoms with Crippen LogP contribution in [0.1, 0.15) is 5.56 Å². The lowest BCUT2D eigenvalue weighted by Crippen LogP contribution is -2.31. The van der Waals surface area contributed by atoms with E-state index >= 15 is 0 Å². The summed E-state index contributed by atoms with van der Waals surface area (Å²) in [6, 6.07) is 21.5. The number of aromatic nitrogens is 1. The van der Waals surface area contributed by atoms with Crippen LogP contribution in [0.2, 0.25) is 0 Å². The molecular weight excluding hydrogens is 218 g/mol. The third-order valence-electron chi connectivity index (χ3n) is 3.39. The first-order valence-electron chi connectivity index (χ1n) is 6.20. The summed E-state index contributed by atoms with van der Waals surface area (Å²) >= 11 is 0. The van der Waals surface area contributed by atoms with Gasteiger partial charge in [0, 0.05) is 23.1 Å². The number of hydrogen-bond donors (Lipinski definition) is 0. The molecule has 0 aliphatic heterocycles. The minimum absolute atomic E-state index is 1.25. The molecule has 1 heterocycles. The van der Waals surface area contributed by atoms with Crippen LogP contribution >= 0.6 is 0 Å². The van der Waals surface area contributed by atoms with Crippen molar-refractivity contribution < 1.29 is 4.57 Å². The Balaban J connectivity index is 2.27. The van der Waals surface area contributed by atoms with E-state index in [2.05, 4.69) is 79.2 Å². The zero-order valence-corrected chi connectivity index (χ0v) is 10.7. The molecule has 0 radical (unpaired) electrons. The highest BCUT2D eigenvalue weighted by Gasteiger charge is 2.12. The summed E-state index contributed by atoms with van der Waals surface area (Å²) in [5.74, 6) is 0. The quantitative estimate of drug-likeness (QED) is 0.566. The first kappa shape index (κ1) is 11.0. The topological polar surface area (TPSA) is 3.88 Å². The lowest BCUT2D eigenvalue weighted by molar-refractivity contribution is -0.633. The molecule has 0 aliphatic rings. The van der Waals surface area contributed by atoms with Crippen LogP contribution in [0.4, 0.5) is 0 Å². The maximum atomic E-state index is 2.25. The van der Waals surface area contributed by atoms with E-state index in [1.165, 1.54) is 27.7 Å². The maximum Gasteiger partial charge on any atom is 0.212 e. The summed E-state index contributed by atoms with van der Waals surface area (Å²) in [4.78, 5) is 0. The van der Waals surface area contributed by atoms with Gasteiger partial charge in [-0.05, 0) is 31.2 Å². The Labute approximate surface area is 107 Å². The molecule has 2 aromatic carbocycles. The van der Waals surface area contributed by atoms with Crippen molar-refractivity contribution >= 4 is 10.9 Å². The Morgan fingerprint density at radius 3 is 2.50 bits per heavy atom. The number of aryl methyl sites for hydroxylation is 2. The molecule has 0 amide bonds. The van der Waals surface area contributed by atoms with Crippen molar-refractivity contribution in [3.8, 4) is 11.3 Å². The molecule has 3 rings (SSSR count). The number of para-hydroxylation sites is 1. The first-order chi connectivity index (χ1) is 8.75. The van der Waals surface area contributed by atoms with Crippen LogP contribution in [0.3, 0.4) is 0 Å². The SMILES string of the molecule is Cc1cccc(-c2ccc3ccccc3[n+]2C)c1. The summed E-state index contributed by atoms with van der Waals surface area (Å²) in [6.07, 6.45) is 0. The summed E-state index contributed by atoms with van der Waals surface area (Å²) in [6.45, 7) is 2.13. The fraction of sp³-hybridized carbons (Fsp3) is 0.118. The number of pyridine rings is 1. The van der Waals surface area contributed by atoms with Gasteiger partial charge in [0.05, 0.1) is 0 Å². The molecule has 88 valence electrons. The molecule has 1 nitrogen and oxygen atoms in total. The Hall–Kier alpha value is -2.15. The molecular formula is C17H16N+. The number of rotatable bonds is 1. The molecule has 1 aromatic heterocycles. The molecule has 0 N–H and O–H groups in total. The van der Waals surface area contributed by atoms with Crippen molar-refractivity contribution in [3.05, 3.63) is 66.2 Å².